The van der Waals surface area contributed by atoms with Crippen LogP contribution in [0.3, 0.4) is 0 Å². The van der Waals surface area contributed by atoms with E-state index in [1.54, 1.807) is 0 Å². The van der Waals surface area contributed by atoms with Crippen molar-refractivity contribution in [2.24, 2.45) is 0 Å². The van der Waals surface area contributed by atoms with Crippen molar-refractivity contribution in [2.75, 3.05) is 0 Å². The molecule has 2 heterocycles. The number of hydrogen-bond acceptors (Lipinski definition) is 3. The smallest absolute Gasteiger partial charge is 0.337 e. The third kappa shape index (κ3) is 2.53. The molecule has 0 aliphatic rings. The van der Waals surface area contributed by atoms with Gasteiger partial charge < -0.3 is 14.8 Å². The van der Waals surface area contributed by atoms with E-state index in [1.165, 1.54) is 30.5 Å². The molecular weight excluding hydrogens is 299 g/mol. The highest BCUT2D eigenvalue weighted by atomic mass is 35.5. The van der Waals surface area contributed by atoms with Crippen LogP contribution in [0.1, 0.15) is 10.4 Å². The van der Waals surface area contributed by atoms with Gasteiger partial charge in [0.15, 0.2) is 5.88 Å². The molecule has 5 nitrogen and oxygen atoms in total. The van der Waals surface area contributed by atoms with Crippen molar-refractivity contribution >= 4 is 28.6 Å². The van der Waals surface area contributed by atoms with Gasteiger partial charge in [-0.2, -0.15) is 0 Å². The van der Waals surface area contributed by atoms with Gasteiger partial charge in [-0.3, -0.25) is 4.98 Å². The third-order valence-corrected chi connectivity index (χ3v) is 3.15. The second-order valence-corrected chi connectivity index (χ2v) is 4.64. The van der Waals surface area contributed by atoms with E-state index < -0.39 is 11.8 Å². The summed E-state index contributed by atoms with van der Waals surface area (Å²) in [4.78, 5) is 18.0. The number of aromatic carboxylic acids is 1. The molecule has 21 heavy (non-hydrogen) atoms. The highest BCUT2D eigenvalue weighted by Gasteiger charge is 2.13. The van der Waals surface area contributed by atoms with Gasteiger partial charge in [-0.25, -0.2) is 9.18 Å². The zero-order valence-corrected chi connectivity index (χ0v) is 11.2. The lowest BCUT2D eigenvalue weighted by Crippen LogP contribution is -1.97. The molecule has 2 N–H and O–H groups in total. The number of carbonyl (C=O) groups is 1. The number of fused-ring (bicyclic) bond motifs is 1. The molecule has 0 aliphatic carbocycles. The Morgan fingerprint density at radius 3 is 2.86 bits per heavy atom. The number of aromatic nitrogens is 2. The van der Waals surface area contributed by atoms with Crippen molar-refractivity contribution < 1.29 is 19.0 Å². The van der Waals surface area contributed by atoms with Crippen LogP contribution in [0.2, 0.25) is 5.02 Å². The zero-order chi connectivity index (χ0) is 15.0. The Morgan fingerprint density at radius 2 is 2.14 bits per heavy atom. The minimum Gasteiger partial charge on any atom is -0.478 e. The first kappa shape index (κ1) is 13.4. The highest BCUT2D eigenvalue weighted by Crippen LogP contribution is 2.28. The van der Waals surface area contributed by atoms with Gasteiger partial charge in [0, 0.05) is 18.3 Å². The van der Waals surface area contributed by atoms with Crippen molar-refractivity contribution in [1.29, 1.82) is 0 Å². The van der Waals surface area contributed by atoms with Crippen molar-refractivity contribution in [3.8, 4) is 11.6 Å². The van der Waals surface area contributed by atoms with E-state index in [9.17, 15) is 9.18 Å². The summed E-state index contributed by atoms with van der Waals surface area (Å²) in [6.07, 6.45) is 1.39. The number of nitrogens with one attached hydrogen (secondary N) is 1. The van der Waals surface area contributed by atoms with Crippen LogP contribution in [0, 0.1) is 5.82 Å². The molecule has 0 saturated heterocycles. The number of pyridine rings is 1. The van der Waals surface area contributed by atoms with Gasteiger partial charge in [0.1, 0.15) is 11.6 Å². The quantitative estimate of drug-likeness (QED) is 0.770. The number of halogens is 2. The van der Waals surface area contributed by atoms with Gasteiger partial charge in [0.2, 0.25) is 0 Å². The molecule has 1 aromatic carbocycles. The van der Waals surface area contributed by atoms with Crippen LogP contribution in [-0.2, 0) is 0 Å². The Kier molecular flexibility index (Phi) is 3.23. The molecular formula is C14H8ClFN2O3. The molecule has 3 rings (SSSR count). The van der Waals surface area contributed by atoms with Gasteiger partial charge >= 0.3 is 5.97 Å². The highest BCUT2D eigenvalue weighted by molar-refractivity contribution is 6.30. The number of ether oxygens (including phenoxy) is 1. The second-order valence-electron chi connectivity index (χ2n) is 4.24. The molecule has 0 amide bonds. The molecule has 0 saturated carbocycles. The lowest BCUT2D eigenvalue weighted by atomic mass is 10.2. The predicted molar refractivity (Wildman–Crippen MR) is 74.5 cm³/mol. The van der Waals surface area contributed by atoms with Crippen LogP contribution < -0.4 is 4.74 Å². The largest absolute Gasteiger partial charge is 0.478 e. The van der Waals surface area contributed by atoms with Crippen molar-refractivity contribution in [3.05, 3.63) is 52.9 Å². The van der Waals surface area contributed by atoms with Gasteiger partial charge in [-0.1, -0.05) is 11.6 Å². The van der Waals surface area contributed by atoms with E-state index >= 15 is 0 Å². The summed E-state index contributed by atoms with van der Waals surface area (Å²) in [5.74, 6) is -1.18. The summed E-state index contributed by atoms with van der Waals surface area (Å²) in [6, 6.07) is 6.93. The SMILES string of the molecule is O=C(O)c1ccnc2cc(Oc3ccc(Cl)c(F)c3)[nH]c12. The van der Waals surface area contributed by atoms with Crippen LogP contribution in [0.4, 0.5) is 4.39 Å². The van der Waals surface area contributed by atoms with E-state index in [2.05, 4.69) is 9.97 Å². The molecule has 2 aromatic heterocycles. The monoisotopic (exact) mass is 306 g/mol. The van der Waals surface area contributed by atoms with Crippen molar-refractivity contribution in [1.82, 2.24) is 9.97 Å². The maximum atomic E-state index is 13.3. The molecule has 0 bridgehead atoms. The van der Waals surface area contributed by atoms with E-state index in [0.29, 0.717) is 11.0 Å². The summed E-state index contributed by atoms with van der Waals surface area (Å²) in [6.45, 7) is 0. The number of hydrogen-bond donors (Lipinski definition) is 2. The topological polar surface area (TPSA) is 75.2 Å². The summed E-state index contributed by atoms with van der Waals surface area (Å²) < 4.78 is 18.8. The summed E-state index contributed by atoms with van der Waals surface area (Å²) in [7, 11) is 0. The minimum atomic E-state index is -1.08. The van der Waals surface area contributed by atoms with Gasteiger partial charge in [0.25, 0.3) is 0 Å². The number of nitrogens with zero attached hydrogens (tertiary/aromatic N) is 1. The first-order valence-corrected chi connectivity index (χ1v) is 6.26. The molecule has 0 aliphatic heterocycles. The average Bonchev–Trinajstić information content (AvgIpc) is 2.84. The molecule has 0 fully saturated rings. The van der Waals surface area contributed by atoms with Crippen molar-refractivity contribution in [3.63, 3.8) is 0 Å². The van der Waals surface area contributed by atoms with Gasteiger partial charge in [-0.15, -0.1) is 0 Å². The van der Waals surface area contributed by atoms with E-state index in [1.807, 2.05) is 0 Å². The summed E-state index contributed by atoms with van der Waals surface area (Å²) >= 11 is 5.59. The number of benzene rings is 1. The second kappa shape index (κ2) is 5.06. The fraction of sp³-hybridized carbons (Fsp3) is 0. The first-order valence-electron chi connectivity index (χ1n) is 5.88. The van der Waals surface area contributed by atoms with Crippen molar-refractivity contribution in [2.45, 2.75) is 0 Å². The maximum Gasteiger partial charge on any atom is 0.337 e. The Labute approximate surface area is 123 Å². The number of carboxylic acid groups (broad SMARTS) is 1. The molecule has 0 spiro atoms. The number of H-pyrrole nitrogens is 1. The summed E-state index contributed by atoms with van der Waals surface area (Å²) in [5.41, 5.74) is 0.867. The first-order chi connectivity index (χ1) is 10.0. The number of rotatable bonds is 3. The van der Waals surface area contributed by atoms with Gasteiger partial charge in [-0.05, 0) is 18.2 Å². The van der Waals surface area contributed by atoms with Crippen LogP contribution in [0.5, 0.6) is 11.6 Å². The zero-order valence-electron chi connectivity index (χ0n) is 10.4. The molecule has 0 atom stereocenters. The molecule has 0 radical (unpaired) electrons. The lowest BCUT2D eigenvalue weighted by molar-refractivity contribution is 0.0699. The third-order valence-electron chi connectivity index (χ3n) is 2.85. The maximum absolute atomic E-state index is 13.3. The Bertz CT molecular complexity index is 847. The van der Waals surface area contributed by atoms with Crippen LogP contribution >= 0.6 is 11.6 Å². The molecule has 3 aromatic rings. The van der Waals surface area contributed by atoms with Crippen LogP contribution in [0.15, 0.2) is 36.5 Å². The Balaban J connectivity index is 1.99. The molecule has 0 unspecified atom stereocenters. The number of carboxylic acids is 1. The molecule has 106 valence electrons. The van der Waals surface area contributed by atoms with Crippen LogP contribution in [0.25, 0.3) is 11.0 Å². The van der Waals surface area contributed by atoms with Crippen LogP contribution in [-0.4, -0.2) is 21.0 Å². The lowest BCUT2D eigenvalue weighted by Gasteiger charge is -2.03. The van der Waals surface area contributed by atoms with Gasteiger partial charge in [0.05, 0.1) is 21.6 Å². The Hall–Kier alpha value is -2.60. The molecule has 7 heteroatoms. The normalized spacial score (nSPS) is 10.8. The van der Waals surface area contributed by atoms with E-state index in [0.717, 1.165) is 6.07 Å². The fourth-order valence-electron chi connectivity index (χ4n) is 1.90. The fourth-order valence-corrected chi connectivity index (χ4v) is 2.02. The summed E-state index contributed by atoms with van der Waals surface area (Å²) in [5, 5.41) is 9.09. The predicted octanol–water partition coefficient (Wildman–Crippen LogP) is 3.85. The van der Waals surface area contributed by atoms with E-state index in [4.69, 9.17) is 21.4 Å². The average molecular weight is 307 g/mol. The number of aromatic amines is 1. The van der Waals surface area contributed by atoms with E-state index in [-0.39, 0.29) is 22.2 Å². The Morgan fingerprint density at radius 1 is 1.33 bits per heavy atom. The minimum absolute atomic E-state index is 0.00572. The standard InChI is InChI=1S/C14H8ClFN2O3/c15-9-2-1-7(5-10(9)16)21-12-6-11-13(18-12)8(14(19)20)3-4-17-11/h1-6,18H,(H,19,20).